The van der Waals surface area contributed by atoms with Gasteiger partial charge in [0.15, 0.2) is 11.6 Å². The highest BCUT2D eigenvalue weighted by atomic mass is 35.5. The van der Waals surface area contributed by atoms with Crippen LogP contribution in [0, 0.1) is 5.82 Å². The van der Waals surface area contributed by atoms with Crippen molar-refractivity contribution in [3.63, 3.8) is 0 Å². The Labute approximate surface area is 232 Å². The molecule has 208 valence electrons. The molecule has 39 heavy (non-hydrogen) atoms. The standard InChI is InChI=1S/C27H27Cl2F3N4O3/c1-13-10-35(11-14(2)34-13)23-21(30)8-18-22(25(23)39-27(31)32)36(17-5-6-17)12-19(24(18)37)26(38)33-9-15-3-4-16(28)7-20(15)29/h3-4,7-8,12-14,17,27,34H,5-6,9-11H2,1-2H3,(H,33,38)/t13-,14+. The summed E-state index contributed by atoms with van der Waals surface area (Å²) in [6.07, 6.45) is 2.77. The second kappa shape index (κ2) is 10.9. The number of halogens is 5. The van der Waals surface area contributed by atoms with Crippen LogP contribution in [-0.4, -0.2) is 42.3 Å². The summed E-state index contributed by atoms with van der Waals surface area (Å²) in [6.45, 7) is 1.31. The van der Waals surface area contributed by atoms with E-state index in [-0.39, 0.29) is 46.8 Å². The number of anilines is 1. The van der Waals surface area contributed by atoms with Crippen molar-refractivity contribution in [1.29, 1.82) is 0 Å². The number of aromatic nitrogens is 1. The van der Waals surface area contributed by atoms with Gasteiger partial charge in [-0.25, -0.2) is 4.39 Å². The van der Waals surface area contributed by atoms with Crippen molar-refractivity contribution in [2.24, 2.45) is 0 Å². The quantitative estimate of drug-likeness (QED) is 0.385. The number of alkyl halides is 2. The van der Waals surface area contributed by atoms with Crippen LogP contribution in [0.15, 0.2) is 35.3 Å². The molecule has 2 aromatic carbocycles. The lowest BCUT2D eigenvalue weighted by Gasteiger charge is -2.38. The highest BCUT2D eigenvalue weighted by Crippen LogP contribution is 2.44. The third-order valence-electron chi connectivity index (χ3n) is 6.92. The number of nitrogens with one attached hydrogen (secondary N) is 2. The predicted molar refractivity (Wildman–Crippen MR) is 145 cm³/mol. The molecule has 2 fully saturated rings. The van der Waals surface area contributed by atoms with Gasteiger partial charge in [0.05, 0.1) is 10.9 Å². The molecule has 1 amide bonds. The highest BCUT2D eigenvalue weighted by molar-refractivity contribution is 6.35. The van der Waals surface area contributed by atoms with Gasteiger partial charge >= 0.3 is 6.61 Å². The molecule has 1 aromatic heterocycles. The highest BCUT2D eigenvalue weighted by Gasteiger charge is 2.34. The number of hydrogen-bond acceptors (Lipinski definition) is 5. The third kappa shape index (κ3) is 5.69. The Bertz CT molecular complexity index is 1490. The summed E-state index contributed by atoms with van der Waals surface area (Å²) in [5.41, 5.74) is -0.505. The minimum absolute atomic E-state index is 0.0160. The Hall–Kier alpha value is -2.95. The summed E-state index contributed by atoms with van der Waals surface area (Å²) in [5.74, 6) is -1.97. The number of ether oxygens (including phenoxy) is 1. The number of carbonyl (C=O) groups is 1. The molecule has 1 aliphatic heterocycles. The SMILES string of the molecule is C[C@@H]1CN(c2c(F)cc3c(=O)c(C(=O)NCc4ccc(Cl)cc4Cl)cn(C4CC4)c3c2OC(F)F)C[C@H](C)N1. The Kier molecular flexibility index (Phi) is 7.72. The molecule has 0 spiro atoms. The lowest BCUT2D eigenvalue weighted by atomic mass is 10.1. The summed E-state index contributed by atoms with van der Waals surface area (Å²) in [5, 5.41) is 6.57. The van der Waals surface area contributed by atoms with Gasteiger partial charge in [-0.15, -0.1) is 0 Å². The number of nitrogens with zero attached hydrogens (tertiary/aromatic N) is 2. The smallest absolute Gasteiger partial charge is 0.387 e. The average molecular weight is 583 g/mol. The largest absolute Gasteiger partial charge is 0.430 e. The van der Waals surface area contributed by atoms with Crippen LogP contribution in [0.1, 0.15) is 48.7 Å². The van der Waals surface area contributed by atoms with Gasteiger partial charge in [-0.3, -0.25) is 9.59 Å². The van der Waals surface area contributed by atoms with Crippen molar-refractivity contribution >= 4 is 45.7 Å². The van der Waals surface area contributed by atoms with Crippen LogP contribution in [-0.2, 0) is 6.54 Å². The first-order valence-electron chi connectivity index (χ1n) is 12.6. The van der Waals surface area contributed by atoms with Crippen molar-refractivity contribution < 1.29 is 22.7 Å². The molecule has 1 saturated carbocycles. The number of piperazine rings is 1. The summed E-state index contributed by atoms with van der Waals surface area (Å²) in [7, 11) is 0. The number of carbonyl (C=O) groups excluding carboxylic acids is 1. The van der Waals surface area contributed by atoms with Crippen LogP contribution in [0.25, 0.3) is 10.9 Å². The fraction of sp³-hybridized carbons (Fsp3) is 0.407. The van der Waals surface area contributed by atoms with E-state index in [9.17, 15) is 18.4 Å². The Morgan fingerprint density at radius 3 is 2.49 bits per heavy atom. The maximum absolute atomic E-state index is 15.7. The zero-order chi connectivity index (χ0) is 28.0. The molecule has 0 radical (unpaired) electrons. The molecule has 2 heterocycles. The van der Waals surface area contributed by atoms with E-state index >= 15 is 4.39 Å². The monoisotopic (exact) mass is 582 g/mol. The van der Waals surface area contributed by atoms with Crippen LogP contribution in [0.3, 0.4) is 0 Å². The maximum atomic E-state index is 15.7. The van der Waals surface area contributed by atoms with Crippen molar-refractivity contribution in [3.05, 3.63) is 67.7 Å². The molecule has 1 saturated heterocycles. The van der Waals surface area contributed by atoms with Crippen molar-refractivity contribution in [3.8, 4) is 5.75 Å². The molecule has 0 unspecified atom stereocenters. The number of hydrogen-bond donors (Lipinski definition) is 2. The van der Waals surface area contributed by atoms with E-state index in [1.165, 1.54) is 12.3 Å². The first-order valence-corrected chi connectivity index (χ1v) is 13.4. The van der Waals surface area contributed by atoms with Gasteiger partial charge in [0.2, 0.25) is 5.43 Å². The van der Waals surface area contributed by atoms with Crippen LogP contribution in [0.2, 0.25) is 10.0 Å². The number of pyridine rings is 1. The lowest BCUT2D eigenvalue weighted by Crippen LogP contribution is -2.54. The molecular formula is C27H27Cl2F3N4O3. The van der Waals surface area contributed by atoms with E-state index in [1.54, 1.807) is 21.6 Å². The molecule has 3 aromatic rings. The summed E-state index contributed by atoms with van der Waals surface area (Å²) in [4.78, 5) is 28.3. The number of amides is 1. The van der Waals surface area contributed by atoms with Gasteiger partial charge in [0, 0.05) is 54.0 Å². The van der Waals surface area contributed by atoms with Crippen LogP contribution in [0.5, 0.6) is 5.75 Å². The van der Waals surface area contributed by atoms with E-state index in [1.807, 2.05) is 13.8 Å². The third-order valence-corrected chi connectivity index (χ3v) is 7.51. The van der Waals surface area contributed by atoms with E-state index in [2.05, 4.69) is 10.6 Å². The Balaban J connectivity index is 1.62. The van der Waals surface area contributed by atoms with E-state index in [0.717, 1.165) is 6.07 Å². The molecule has 2 atom stereocenters. The van der Waals surface area contributed by atoms with E-state index in [4.69, 9.17) is 27.9 Å². The molecule has 2 N–H and O–H groups in total. The Morgan fingerprint density at radius 1 is 1.18 bits per heavy atom. The van der Waals surface area contributed by atoms with Gasteiger partial charge in [0.1, 0.15) is 11.3 Å². The van der Waals surface area contributed by atoms with Crippen LogP contribution in [0.4, 0.5) is 18.9 Å². The van der Waals surface area contributed by atoms with Gasteiger partial charge < -0.3 is 24.8 Å². The second-order valence-electron chi connectivity index (χ2n) is 10.1. The minimum Gasteiger partial charge on any atom is -0.430 e. The first-order chi connectivity index (χ1) is 18.5. The van der Waals surface area contributed by atoms with E-state index < -0.39 is 29.5 Å². The predicted octanol–water partition coefficient (Wildman–Crippen LogP) is 5.50. The first kappa shape index (κ1) is 27.6. The van der Waals surface area contributed by atoms with E-state index in [0.29, 0.717) is 41.5 Å². The molecule has 2 aliphatic rings. The molecule has 0 bridgehead atoms. The number of rotatable bonds is 7. The Morgan fingerprint density at radius 2 is 1.87 bits per heavy atom. The van der Waals surface area contributed by atoms with Gasteiger partial charge in [-0.05, 0) is 50.5 Å². The van der Waals surface area contributed by atoms with Gasteiger partial charge in [-0.1, -0.05) is 29.3 Å². The zero-order valence-electron chi connectivity index (χ0n) is 21.2. The van der Waals surface area contributed by atoms with Crippen molar-refractivity contribution in [1.82, 2.24) is 15.2 Å². The van der Waals surface area contributed by atoms with Crippen molar-refractivity contribution in [2.75, 3.05) is 18.0 Å². The molecule has 7 nitrogen and oxygen atoms in total. The van der Waals surface area contributed by atoms with Crippen LogP contribution < -0.4 is 25.7 Å². The maximum Gasteiger partial charge on any atom is 0.387 e. The zero-order valence-corrected chi connectivity index (χ0v) is 22.8. The van der Waals surface area contributed by atoms with Gasteiger partial charge in [0.25, 0.3) is 5.91 Å². The van der Waals surface area contributed by atoms with Crippen LogP contribution >= 0.6 is 23.2 Å². The number of benzene rings is 2. The lowest BCUT2D eigenvalue weighted by molar-refractivity contribution is -0.0488. The summed E-state index contributed by atoms with van der Waals surface area (Å²) in [6, 6.07) is 5.61. The fourth-order valence-corrected chi connectivity index (χ4v) is 5.66. The topological polar surface area (TPSA) is 75.6 Å². The molecule has 1 aliphatic carbocycles. The number of fused-ring (bicyclic) bond motifs is 1. The normalized spacial score (nSPS) is 19.5. The fourth-order valence-electron chi connectivity index (χ4n) is 5.19. The molecular weight excluding hydrogens is 556 g/mol. The minimum atomic E-state index is -3.25. The van der Waals surface area contributed by atoms with Gasteiger partial charge in [-0.2, -0.15) is 8.78 Å². The summed E-state index contributed by atoms with van der Waals surface area (Å²) >= 11 is 12.1. The molecule has 5 rings (SSSR count). The average Bonchev–Trinajstić information content (AvgIpc) is 3.68. The second-order valence-corrected chi connectivity index (χ2v) is 11.0. The summed E-state index contributed by atoms with van der Waals surface area (Å²) < 4.78 is 49.7. The van der Waals surface area contributed by atoms with Crippen molar-refractivity contribution in [2.45, 2.75) is 58.0 Å². The molecule has 12 heteroatoms.